The van der Waals surface area contributed by atoms with Crippen molar-refractivity contribution in [2.45, 2.75) is 18.9 Å². The fourth-order valence-electron chi connectivity index (χ4n) is 1.56. The molecule has 2 heterocycles. The predicted molar refractivity (Wildman–Crippen MR) is 66.7 cm³/mol. The molecule has 0 saturated heterocycles. The largest absolute Gasteiger partial charge is 0.316 e. The zero-order valence-electron chi connectivity index (χ0n) is 8.64. The van der Waals surface area contributed by atoms with E-state index in [0.29, 0.717) is 6.04 Å². The molecule has 0 bridgehead atoms. The summed E-state index contributed by atoms with van der Waals surface area (Å²) in [6.45, 7) is 0. The highest BCUT2D eigenvalue weighted by Gasteiger charge is 2.09. The number of likely N-dealkylation sites (N-methyl/N-ethyl adjacent to an activating group) is 1. The molecule has 0 amide bonds. The normalized spacial score (nSPS) is 12.9. The van der Waals surface area contributed by atoms with Crippen molar-refractivity contribution >= 4 is 22.7 Å². The van der Waals surface area contributed by atoms with Gasteiger partial charge in [-0.3, -0.25) is 4.98 Å². The Kier molecular flexibility index (Phi) is 3.88. The van der Waals surface area contributed by atoms with E-state index in [4.69, 9.17) is 0 Å². The van der Waals surface area contributed by atoms with Gasteiger partial charge in [-0.2, -0.15) is 11.3 Å². The number of hydrogen-bond donors (Lipinski definition) is 1. The molecule has 15 heavy (non-hydrogen) atoms. The van der Waals surface area contributed by atoms with E-state index < -0.39 is 0 Å². The Morgan fingerprint density at radius 3 is 3.00 bits per heavy atom. The van der Waals surface area contributed by atoms with E-state index in [-0.39, 0.29) is 0 Å². The number of hydrogen-bond acceptors (Lipinski definition) is 4. The van der Waals surface area contributed by atoms with E-state index in [1.165, 1.54) is 10.4 Å². The van der Waals surface area contributed by atoms with Gasteiger partial charge < -0.3 is 5.32 Å². The summed E-state index contributed by atoms with van der Waals surface area (Å²) in [5, 5.41) is 7.72. The second-order valence-electron chi connectivity index (χ2n) is 3.49. The van der Waals surface area contributed by atoms with Crippen LogP contribution in [0.25, 0.3) is 0 Å². The summed E-state index contributed by atoms with van der Waals surface area (Å²) in [4.78, 5) is 5.45. The van der Waals surface area contributed by atoms with Crippen LogP contribution < -0.4 is 5.32 Å². The Morgan fingerprint density at radius 2 is 2.40 bits per heavy atom. The summed E-state index contributed by atoms with van der Waals surface area (Å²) in [6, 6.07) is 2.71. The second kappa shape index (κ2) is 5.39. The van der Waals surface area contributed by atoms with Crippen molar-refractivity contribution in [2.75, 3.05) is 7.05 Å². The highest BCUT2D eigenvalue weighted by molar-refractivity contribution is 7.09. The lowest BCUT2D eigenvalue weighted by Crippen LogP contribution is -2.29. The first-order chi connectivity index (χ1) is 7.38. The molecule has 80 valence electrons. The maximum atomic E-state index is 4.10. The molecule has 0 radical (unpaired) electrons. The first-order valence-corrected chi connectivity index (χ1v) is 6.76. The Balaban J connectivity index is 1.93. The van der Waals surface area contributed by atoms with Gasteiger partial charge in [-0.25, -0.2) is 0 Å². The fourth-order valence-corrected chi connectivity index (χ4v) is 2.91. The molecule has 0 aliphatic carbocycles. The van der Waals surface area contributed by atoms with Crippen LogP contribution in [0, 0.1) is 0 Å². The summed E-state index contributed by atoms with van der Waals surface area (Å²) < 4.78 is 0. The lowest BCUT2D eigenvalue weighted by molar-refractivity contribution is 0.560. The molecular formula is C11H14N2S2. The lowest BCUT2D eigenvalue weighted by atomic mass is 10.1. The lowest BCUT2D eigenvalue weighted by Gasteiger charge is -2.13. The average Bonchev–Trinajstić information content (AvgIpc) is 2.89. The third kappa shape index (κ3) is 3.12. The quantitative estimate of drug-likeness (QED) is 0.866. The molecule has 1 atom stereocenters. The molecule has 2 rings (SSSR count). The summed E-state index contributed by atoms with van der Waals surface area (Å²) in [7, 11) is 2.03. The van der Waals surface area contributed by atoms with Crippen LogP contribution in [0.15, 0.2) is 28.5 Å². The Bertz CT molecular complexity index is 331. The number of nitrogens with one attached hydrogen (secondary N) is 1. The molecule has 2 nitrogen and oxygen atoms in total. The van der Waals surface area contributed by atoms with Gasteiger partial charge in [0.1, 0.15) is 0 Å². The topological polar surface area (TPSA) is 24.9 Å². The predicted octanol–water partition coefficient (Wildman–Crippen LogP) is 2.58. The summed E-state index contributed by atoms with van der Waals surface area (Å²) in [5.74, 6) is 0. The van der Waals surface area contributed by atoms with Crippen LogP contribution in [-0.2, 0) is 12.8 Å². The van der Waals surface area contributed by atoms with Crippen molar-refractivity contribution in [3.8, 4) is 0 Å². The molecule has 0 spiro atoms. The van der Waals surface area contributed by atoms with Gasteiger partial charge in [0.15, 0.2) is 0 Å². The van der Waals surface area contributed by atoms with Gasteiger partial charge in [-0.15, -0.1) is 11.3 Å². The van der Waals surface area contributed by atoms with Crippen molar-refractivity contribution < 1.29 is 0 Å². The van der Waals surface area contributed by atoms with Gasteiger partial charge >= 0.3 is 0 Å². The van der Waals surface area contributed by atoms with E-state index in [2.05, 4.69) is 27.1 Å². The second-order valence-corrected chi connectivity index (χ2v) is 5.24. The number of aromatic nitrogens is 1. The molecule has 0 fully saturated rings. The third-order valence-electron chi connectivity index (χ3n) is 2.40. The van der Waals surface area contributed by atoms with Crippen LogP contribution in [0.1, 0.15) is 10.4 Å². The van der Waals surface area contributed by atoms with E-state index >= 15 is 0 Å². The number of rotatable bonds is 5. The summed E-state index contributed by atoms with van der Waals surface area (Å²) >= 11 is 3.49. The minimum atomic E-state index is 0.514. The first-order valence-electron chi connectivity index (χ1n) is 4.94. The Morgan fingerprint density at radius 1 is 1.47 bits per heavy atom. The van der Waals surface area contributed by atoms with Crippen LogP contribution >= 0.6 is 22.7 Å². The third-order valence-corrected chi connectivity index (χ3v) is 3.94. The van der Waals surface area contributed by atoms with Crippen LogP contribution in [0.2, 0.25) is 0 Å². The van der Waals surface area contributed by atoms with Crippen LogP contribution in [0.3, 0.4) is 0 Å². The SMILES string of the molecule is CNC(Cc1ccsc1)Cc1cncs1. The number of thiophene rings is 1. The molecule has 0 aliphatic rings. The number of thiazole rings is 1. The fraction of sp³-hybridized carbons (Fsp3) is 0.364. The van der Waals surface area contributed by atoms with Crippen LogP contribution in [0.5, 0.6) is 0 Å². The van der Waals surface area contributed by atoms with E-state index in [1.807, 2.05) is 18.8 Å². The van der Waals surface area contributed by atoms with Crippen LogP contribution in [0.4, 0.5) is 0 Å². The van der Waals surface area contributed by atoms with Crippen molar-refractivity contribution in [3.63, 3.8) is 0 Å². The summed E-state index contributed by atoms with van der Waals surface area (Å²) in [5.41, 5.74) is 3.32. The first kappa shape index (κ1) is 10.8. The standard InChI is InChI=1S/C11H14N2S2/c1-12-10(4-9-2-3-14-7-9)5-11-6-13-8-15-11/h2-3,6-8,10,12H,4-5H2,1H3. The average molecular weight is 238 g/mol. The molecular weight excluding hydrogens is 224 g/mol. The van der Waals surface area contributed by atoms with Crippen molar-refractivity contribution in [1.82, 2.24) is 10.3 Å². The highest BCUT2D eigenvalue weighted by atomic mass is 32.1. The van der Waals surface area contributed by atoms with Gasteiger partial charge in [0.2, 0.25) is 0 Å². The van der Waals surface area contributed by atoms with Crippen molar-refractivity contribution in [3.05, 3.63) is 39.0 Å². The van der Waals surface area contributed by atoms with Gasteiger partial charge in [0.25, 0.3) is 0 Å². The van der Waals surface area contributed by atoms with Crippen molar-refractivity contribution in [2.24, 2.45) is 0 Å². The van der Waals surface area contributed by atoms with E-state index in [1.54, 1.807) is 22.7 Å². The maximum Gasteiger partial charge on any atom is 0.0794 e. The zero-order chi connectivity index (χ0) is 10.5. The Labute approximate surface area is 98.0 Å². The van der Waals surface area contributed by atoms with E-state index in [9.17, 15) is 0 Å². The van der Waals surface area contributed by atoms with Gasteiger partial charge in [0, 0.05) is 17.1 Å². The van der Waals surface area contributed by atoms with Gasteiger partial charge in [-0.1, -0.05) is 0 Å². The minimum absolute atomic E-state index is 0.514. The van der Waals surface area contributed by atoms with Gasteiger partial charge in [0.05, 0.1) is 5.51 Å². The molecule has 2 aromatic rings. The molecule has 2 aromatic heterocycles. The van der Waals surface area contributed by atoms with Gasteiger partial charge in [-0.05, 0) is 42.3 Å². The molecule has 1 unspecified atom stereocenters. The van der Waals surface area contributed by atoms with E-state index in [0.717, 1.165) is 12.8 Å². The molecule has 4 heteroatoms. The monoisotopic (exact) mass is 238 g/mol. The van der Waals surface area contributed by atoms with Crippen molar-refractivity contribution in [1.29, 1.82) is 0 Å². The molecule has 0 aromatic carbocycles. The zero-order valence-corrected chi connectivity index (χ0v) is 10.3. The molecule has 1 N–H and O–H groups in total. The smallest absolute Gasteiger partial charge is 0.0794 e. The Hall–Kier alpha value is -0.710. The summed E-state index contributed by atoms with van der Waals surface area (Å²) in [6.07, 6.45) is 4.12. The number of nitrogens with zero attached hydrogens (tertiary/aromatic N) is 1. The highest BCUT2D eigenvalue weighted by Crippen LogP contribution is 2.13. The minimum Gasteiger partial charge on any atom is -0.316 e. The molecule has 0 aliphatic heterocycles. The maximum absolute atomic E-state index is 4.10. The van der Waals surface area contributed by atoms with Crippen LogP contribution in [-0.4, -0.2) is 18.1 Å². The molecule has 0 saturated carbocycles.